The Balaban J connectivity index is 2.29. The molecule has 1 saturated carbocycles. The highest BCUT2D eigenvalue weighted by molar-refractivity contribution is 5.28. The summed E-state index contributed by atoms with van der Waals surface area (Å²) in [5, 5.41) is 3.45. The average Bonchev–Trinajstić information content (AvgIpc) is 2.35. The van der Waals surface area contributed by atoms with Crippen molar-refractivity contribution in [2.45, 2.75) is 52.0 Å². The number of aryl methyl sites for hydroxylation is 1. The van der Waals surface area contributed by atoms with Crippen LogP contribution >= 0.6 is 0 Å². The molecule has 0 aliphatic heterocycles. The van der Waals surface area contributed by atoms with Gasteiger partial charge in [0.15, 0.2) is 0 Å². The molecule has 1 atom stereocenters. The minimum Gasteiger partial charge on any atom is -0.313 e. The lowest BCUT2D eigenvalue weighted by Crippen LogP contribution is -2.36. The summed E-state index contributed by atoms with van der Waals surface area (Å²) in [6.45, 7) is 4.21. The van der Waals surface area contributed by atoms with E-state index in [-0.39, 0.29) is 5.82 Å². The van der Waals surface area contributed by atoms with E-state index in [9.17, 15) is 4.39 Å². The van der Waals surface area contributed by atoms with Gasteiger partial charge in [-0.15, -0.1) is 0 Å². The van der Waals surface area contributed by atoms with Gasteiger partial charge in [0.25, 0.3) is 0 Å². The average molecular weight is 249 g/mol. The fourth-order valence-electron chi connectivity index (χ4n) is 3.41. The maximum absolute atomic E-state index is 13.4. The first kappa shape index (κ1) is 13.5. The van der Waals surface area contributed by atoms with Crippen LogP contribution in [0.5, 0.6) is 0 Å². The largest absolute Gasteiger partial charge is 0.313 e. The maximum atomic E-state index is 13.4. The van der Waals surface area contributed by atoms with Gasteiger partial charge < -0.3 is 5.32 Å². The Labute approximate surface area is 110 Å². The molecule has 1 N–H and O–H groups in total. The van der Waals surface area contributed by atoms with Crippen LogP contribution in [-0.2, 0) is 0 Å². The minimum atomic E-state index is -0.109. The Hall–Kier alpha value is -0.890. The number of halogens is 1. The van der Waals surface area contributed by atoms with Crippen LogP contribution in [0.1, 0.15) is 56.2 Å². The smallest absolute Gasteiger partial charge is 0.126 e. The zero-order valence-corrected chi connectivity index (χ0v) is 11.7. The molecule has 0 saturated heterocycles. The Morgan fingerprint density at radius 2 is 1.89 bits per heavy atom. The molecule has 0 spiro atoms. The highest BCUT2D eigenvalue weighted by Crippen LogP contribution is 2.45. The van der Waals surface area contributed by atoms with E-state index in [0.29, 0.717) is 11.5 Å². The molecular weight excluding hydrogens is 225 g/mol. The molecule has 0 radical (unpaired) electrons. The minimum absolute atomic E-state index is 0.109. The standard InChI is InChI=1S/C16H24FN/c1-12-11-13(7-8-14(12)17)15(18-3)16(2)9-5-4-6-10-16/h7-8,11,15,18H,4-6,9-10H2,1-3H3. The quantitative estimate of drug-likeness (QED) is 0.839. The lowest BCUT2D eigenvalue weighted by molar-refractivity contribution is 0.150. The van der Waals surface area contributed by atoms with Crippen molar-refractivity contribution in [1.82, 2.24) is 5.32 Å². The zero-order valence-electron chi connectivity index (χ0n) is 11.7. The Bertz CT molecular complexity index is 408. The van der Waals surface area contributed by atoms with Gasteiger partial charge in [0.05, 0.1) is 0 Å². The summed E-state index contributed by atoms with van der Waals surface area (Å²) < 4.78 is 13.4. The van der Waals surface area contributed by atoms with Gasteiger partial charge in [0, 0.05) is 6.04 Å². The van der Waals surface area contributed by atoms with Gasteiger partial charge in [-0.25, -0.2) is 4.39 Å². The number of hydrogen-bond donors (Lipinski definition) is 1. The van der Waals surface area contributed by atoms with Crippen LogP contribution in [0.4, 0.5) is 4.39 Å². The normalized spacial score (nSPS) is 20.7. The molecule has 0 bridgehead atoms. The van der Waals surface area contributed by atoms with Crippen molar-refractivity contribution in [2.24, 2.45) is 5.41 Å². The zero-order chi connectivity index (χ0) is 13.2. The van der Waals surface area contributed by atoms with Crippen LogP contribution < -0.4 is 5.32 Å². The van der Waals surface area contributed by atoms with Crippen molar-refractivity contribution in [3.8, 4) is 0 Å². The van der Waals surface area contributed by atoms with Crippen molar-refractivity contribution in [1.29, 1.82) is 0 Å². The van der Waals surface area contributed by atoms with Crippen LogP contribution in [0.3, 0.4) is 0 Å². The maximum Gasteiger partial charge on any atom is 0.126 e. The summed E-state index contributed by atoms with van der Waals surface area (Å²) >= 11 is 0. The van der Waals surface area contributed by atoms with E-state index < -0.39 is 0 Å². The van der Waals surface area contributed by atoms with Crippen LogP contribution in [-0.4, -0.2) is 7.05 Å². The molecule has 0 aromatic heterocycles. The first-order chi connectivity index (χ1) is 8.57. The van der Waals surface area contributed by atoms with E-state index in [4.69, 9.17) is 0 Å². The summed E-state index contributed by atoms with van der Waals surface area (Å²) in [4.78, 5) is 0. The first-order valence-corrected chi connectivity index (χ1v) is 7.00. The van der Waals surface area contributed by atoms with Gasteiger partial charge in [-0.05, 0) is 49.4 Å². The fraction of sp³-hybridized carbons (Fsp3) is 0.625. The molecule has 2 heteroatoms. The van der Waals surface area contributed by atoms with Gasteiger partial charge in [-0.3, -0.25) is 0 Å². The summed E-state index contributed by atoms with van der Waals surface area (Å²) in [5.74, 6) is -0.109. The van der Waals surface area contributed by atoms with Crippen molar-refractivity contribution < 1.29 is 4.39 Å². The van der Waals surface area contributed by atoms with Gasteiger partial charge >= 0.3 is 0 Å². The van der Waals surface area contributed by atoms with Gasteiger partial charge in [0.1, 0.15) is 5.82 Å². The second-order valence-electron chi connectivity index (χ2n) is 5.94. The van der Waals surface area contributed by atoms with E-state index >= 15 is 0 Å². The van der Waals surface area contributed by atoms with Crippen molar-refractivity contribution >= 4 is 0 Å². The molecule has 1 unspecified atom stereocenters. The Morgan fingerprint density at radius 1 is 1.22 bits per heavy atom. The molecule has 100 valence electrons. The number of benzene rings is 1. The second kappa shape index (κ2) is 5.40. The molecule has 1 fully saturated rings. The molecule has 1 aromatic carbocycles. The molecule has 1 aromatic rings. The topological polar surface area (TPSA) is 12.0 Å². The Kier molecular flexibility index (Phi) is 4.06. The predicted octanol–water partition coefficient (Wildman–Crippen LogP) is 4.37. The highest BCUT2D eigenvalue weighted by Gasteiger charge is 2.35. The van der Waals surface area contributed by atoms with Crippen LogP contribution in [0, 0.1) is 18.2 Å². The third kappa shape index (κ3) is 2.59. The molecule has 0 heterocycles. The molecule has 1 aliphatic carbocycles. The molecule has 0 amide bonds. The number of rotatable bonds is 3. The van der Waals surface area contributed by atoms with Crippen LogP contribution in [0.15, 0.2) is 18.2 Å². The van der Waals surface area contributed by atoms with E-state index in [1.54, 1.807) is 6.07 Å². The van der Waals surface area contributed by atoms with E-state index in [0.717, 1.165) is 5.56 Å². The number of hydrogen-bond acceptors (Lipinski definition) is 1. The van der Waals surface area contributed by atoms with Crippen molar-refractivity contribution in [3.63, 3.8) is 0 Å². The molecule has 18 heavy (non-hydrogen) atoms. The van der Waals surface area contributed by atoms with E-state index in [1.807, 2.05) is 26.1 Å². The summed E-state index contributed by atoms with van der Waals surface area (Å²) in [6, 6.07) is 5.86. The van der Waals surface area contributed by atoms with Gasteiger partial charge in [-0.2, -0.15) is 0 Å². The van der Waals surface area contributed by atoms with Crippen LogP contribution in [0.25, 0.3) is 0 Å². The molecule has 1 nitrogen and oxygen atoms in total. The molecular formula is C16H24FN. The Morgan fingerprint density at radius 3 is 2.44 bits per heavy atom. The monoisotopic (exact) mass is 249 g/mol. The predicted molar refractivity (Wildman–Crippen MR) is 74.1 cm³/mol. The SMILES string of the molecule is CNC(c1ccc(F)c(C)c1)C1(C)CCCCC1. The third-order valence-electron chi connectivity index (χ3n) is 4.50. The summed E-state index contributed by atoms with van der Waals surface area (Å²) in [7, 11) is 2.02. The molecule has 2 rings (SSSR count). The van der Waals surface area contributed by atoms with Gasteiger partial charge in [0.2, 0.25) is 0 Å². The lowest BCUT2D eigenvalue weighted by atomic mass is 9.68. The molecule has 1 aliphatic rings. The second-order valence-corrected chi connectivity index (χ2v) is 5.94. The van der Waals surface area contributed by atoms with Crippen molar-refractivity contribution in [3.05, 3.63) is 35.1 Å². The highest BCUT2D eigenvalue weighted by atomic mass is 19.1. The number of nitrogens with one attached hydrogen (secondary N) is 1. The van der Waals surface area contributed by atoms with E-state index in [2.05, 4.69) is 12.2 Å². The van der Waals surface area contributed by atoms with Gasteiger partial charge in [-0.1, -0.05) is 38.3 Å². The van der Waals surface area contributed by atoms with E-state index in [1.165, 1.54) is 37.7 Å². The first-order valence-electron chi connectivity index (χ1n) is 7.00. The summed E-state index contributed by atoms with van der Waals surface area (Å²) in [6.07, 6.45) is 6.50. The summed E-state index contributed by atoms with van der Waals surface area (Å²) in [5.41, 5.74) is 2.27. The lowest BCUT2D eigenvalue weighted by Gasteiger charge is -2.41. The third-order valence-corrected chi connectivity index (χ3v) is 4.50. The van der Waals surface area contributed by atoms with Crippen molar-refractivity contribution in [2.75, 3.05) is 7.05 Å². The fourth-order valence-corrected chi connectivity index (χ4v) is 3.41. The van der Waals surface area contributed by atoms with Crippen LogP contribution in [0.2, 0.25) is 0 Å².